The minimum Gasteiger partial charge on any atom is -0.252 e. The molecule has 4 nitrogen and oxygen atoms in total. The van der Waals surface area contributed by atoms with Crippen LogP contribution in [0.5, 0.6) is 0 Å². The minimum atomic E-state index is -0.929. The summed E-state index contributed by atoms with van der Waals surface area (Å²) in [5, 5.41) is 0. The van der Waals surface area contributed by atoms with Crippen molar-refractivity contribution in [1.29, 1.82) is 0 Å². The van der Waals surface area contributed by atoms with Crippen molar-refractivity contribution in [2.75, 3.05) is 0 Å². The first-order valence-corrected chi connectivity index (χ1v) is 11.1. The normalized spacial score (nSPS) is 15.3. The van der Waals surface area contributed by atoms with Gasteiger partial charge >= 0.3 is 0 Å². The summed E-state index contributed by atoms with van der Waals surface area (Å²) < 4.78 is 55.4. The molecule has 1 saturated carbocycles. The molecule has 0 atom stereocenters. The first-order valence-electron chi connectivity index (χ1n) is 11.1. The number of aromatic nitrogens is 4. The molecule has 0 aromatic carbocycles. The maximum atomic E-state index is 14.4. The van der Waals surface area contributed by atoms with E-state index in [9.17, 15) is 17.6 Å². The predicted octanol–water partition coefficient (Wildman–Crippen LogP) is 6.41. The zero-order chi connectivity index (χ0) is 23.7. The molecule has 0 amide bonds. The molecule has 1 fully saturated rings. The van der Waals surface area contributed by atoms with Crippen molar-refractivity contribution < 1.29 is 17.6 Å². The van der Waals surface area contributed by atoms with Gasteiger partial charge in [-0.05, 0) is 61.4 Å². The smallest absolute Gasteiger partial charge is 0.224 e. The Kier molecular flexibility index (Phi) is 5.81. The Morgan fingerprint density at radius 2 is 1.00 bits per heavy atom. The van der Waals surface area contributed by atoms with Gasteiger partial charge in [0, 0.05) is 0 Å². The van der Waals surface area contributed by atoms with Crippen LogP contribution in [0.15, 0.2) is 60.7 Å². The topological polar surface area (TPSA) is 51.6 Å². The molecule has 1 aliphatic carbocycles. The van der Waals surface area contributed by atoms with Crippen LogP contribution in [0.4, 0.5) is 17.6 Å². The zero-order valence-electron chi connectivity index (χ0n) is 18.1. The molecule has 4 heterocycles. The van der Waals surface area contributed by atoms with E-state index in [4.69, 9.17) is 9.97 Å². The fourth-order valence-electron chi connectivity index (χ4n) is 4.71. The van der Waals surface area contributed by atoms with E-state index in [-0.39, 0.29) is 11.1 Å². The van der Waals surface area contributed by atoms with Crippen LogP contribution in [0.3, 0.4) is 0 Å². The van der Waals surface area contributed by atoms with Crippen molar-refractivity contribution in [2.24, 2.45) is 0 Å². The van der Waals surface area contributed by atoms with Gasteiger partial charge in [-0.15, -0.1) is 0 Å². The van der Waals surface area contributed by atoms with Gasteiger partial charge in [0.2, 0.25) is 23.8 Å². The average Bonchev–Trinajstić information content (AvgIpc) is 2.85. The van der Waals surface area contributed by atoms with Gasteiger partial charge in [-0.2, -0.15) is 27.5 Å². The largest absolute Gasteiger partial charge is 0.252 e. The van der Waals surface area contributed by atoms with Gasteiger partial charge in [-0.3, -0.25) is 9.97 Å². The SMILES string of the molecule is Fc1ccc(-c2cccc(C3(c4cccc(-c5ccc(F)nc5F)n4)CCCCC3)n2)c(F)n1. The Bertz CT molecular complexity index is 1260. The third-order valence-corrected chi connectivity index (χ3v) is 6.37. The second kappa shape index (κ2) is 8.93. The van der Waals surface area contributed by atoms with Crippen LogP contribution in [0.1, 0.15) is 43.5 Å². The fourth-order valence-corrected chi connectivity index (χ4v) is 4.71. The summed E-state index contributed by atoms with van der Waals surface area (Å²) >= 11 is 0. The molecule has 0 spiro atoms. The summed E-state index contributed by atoms with van der Waals surface area (Å²) in [5.74, 6) is -3.65. The Labute approximate surface area is 193 Å². The molecule has 0 radical (unpaired) electrons. The lowest BCUT2D eigenvalue weighted by Gasteiger charge is -2.37. The van der Waals surface area contributed by atoms with Crippen molar-refractivity contribution in [3.05, 3.63) is 95.8 Å². The lowest BCUT2D eigenvalue weighted by Crippen LogP contribution is -2.32. The number of nitrogens with zero attached hydrogens (tertiary/aromatic N) is 4. The molecule has 0 unspecified atom stereocenters. The molecule has 0 N–H and O–H groups in total. The molecule has 0 saturated heterocycles. The van der Waals surface area contributed by atoms with E-state index >= 15 is 0 Å². The van der Waals surface area contributed by atoms with Gasteiger partial charge in [0.05, 0.1) is 39.3 Å². The third-order valence-electron chi connectivity index (χ3n) is 6.37. The molecule has 0 aliphatic heterocycles. The average molecular weight is 464 g/mol. The maximum Gasteiger partial charge on any atom is 0.224 e. The third kappa shape index (κ3) is 4.04. The van der Waals surface area contributed by atoms with Crippen LogP contribution in [0.2, 0.25) is 0 Å². The van der Waals surface area contributed by atoms with E-state index in [0.717, 1.165) is 44.2 Å². The van der Waals surface area contributed by atoms with Crippen LogP contribution >= 0.6 is 0 Å². The Hall–Kier alpha value is -3.68. The highest BCUT2D eigenvalue weighted by atomic mass is 19.1. The summed E-state index contributed by atoms with van der Waals surface area (Å²) in [6, 6.07) is 15.5. The van der Waals surface area contributed by atoms with E-state index < -0.39 is 29.2 Å². The standard InChI is InChI=1S/C26H20F4N4/c27-22-12-10-16(24(29)33-22)18-6-4-8-20(31-18)26(14-2-1-3-15-26)21-9-5-7-19(32-21)17-11-13-23(28)34-25(17)30/h4-13H,1-3,14-15H2. The number of hydrogen-bond acceptors (Lipinski definition) is 4. The van der Waals surface area contributed by atoms with Crippen molar-refractivity contribution in [2.45, 2.75) is 37.5 Å². The summed E-state index contributed by atoms with van der Waals surface area (Å²) in [6.07, 6.45) is 4.46. The van der Waals surface area contributed by atoms with E-state index in [1.54, 1.807) is 24.3 Å². The first kappa shape index (κ1) is 22.1. The van der Waals surface area contributed by atoms with Crippen LogP contribution in [-0.4, -0.2) is 19.9 Å². The van der Waals surface area contributed by atoms with E-state index in [1.807, 2.05) is 12.1 Å². The minimum absolute atomic E-state index is 0.107. The predicted molar refractivity (Wildman–Crippen MR) is 119 cm³/mol. The van der Waals surface area contributed by atoms with E-state index in [1.165, 1.54) is 12.1 Å². The van der Waals surface area contributed by atoms with Crippen molar-refractivity contribution in [1.82, 2.24) is 19.9 Å². The van der Waals surface area contributed by atoms with Gasteiger partial charge in [0.1, 0.15) is 0 Å². The molecular weight excluding hydrogens is 444 g/mol. The summed E-state index contributed by atoms with van der Waals surface area (Å²) in [6.45, 7) is 0. The summed E-state index contributed by atoms with van der Waals surface area (Å²) in [7, 11) is 0. The first-order chi connectivity index (χ1) is 16.5. The molecule has 1 aliphatic rings. The van der Waals surface area contributed by atoms with Gasteiger partial charge < -0.3 is 0 Å². The lowest BCUT2D eigenvalue weighted by atomic mass is 9.69. The number of rotatable bonds is 4. The van der Waals surface area contributed by atoms with Crippen molar-refractivity contribution >= 4 is 0 Å². The fraction of sp³-hybridized carbons (Fsp3) is 0.231. The Balaban J connectivity index is 1.62. The number of pyridine rings is 4. The molecule has 172 valence electrons. The molecule has 34 heavy (non-hydrogen) atoms. The van der Waals surface area contributed by atoms with Gasteiger partial charge in [0.25, 0.3) is 0 Å². The van der Waals surface area contributed by atoms with Crippen LogP contribution in [0, 0.1) is 23.8 Å². The van der Waals surface area contributed by atoms with Crippen LogP contribution < -0.4 is 0 Å². The summed E-state index contributed by atoms with van der Waals surface area (Å²) in [4.78, 5) is 16.1. The highest BCUT2D eigenvalue weighted by Crippen LogP contribution is 2.44. The summed E-state index contributed by atoms with van der Waals surface area (Å²) in [5.41, 5.74) is 1.74. The van der Waals surface area contributed by atoms with Gasteiger partial charge in [-0.25, -0.2) is 0 Å². The quantitative estimate of drug-likeness (QED) is 0.259. The second-order valence-electron chi connectivity index (χ2n) is 8.40. The van der Waals surface area contributed by atoms with E-state index in [0.29, 0.717) is 22.8 Å². The van der Waals surface area contributed by atoms with Crippen molar-refractivity contribution in [3.8, 4) is 22.5 Å². The monoisotopic (exact) mass is 464 g/mol. The number of halogens is 4. The molecular formula is C26H20F4N4. The van der Waals surface area contributed by atoms with E-state index in [2.05, 4.69) is 9.97 Å². The Morgan fingerprint density at radius 3 is 1.44 bits per heavy atom. The van der Waals surface area contributed by atoms with Gasteiger partial charge in [0.15, 0.2) is 0 Å². The molecule has 0 bridgehead atoms. The van der Waals surface area contributed by atoms with Gasteiger partial charge in [-0.1, -0.05) is 31.4 Å². The molecule has 4 aromatic rings. The second-order valence-corrected chi connectivity index (χ2v) is 8.40. The number of hydrogen-bond donors (Lipinski definition) is 0. The zero-order valence-corrected chi connectivity index (χ0v) is 18.1. The van der Waals surface area contributed by atoms with Crippen LogP contribution in [0.25, 0.3) is 22.5 Å². The van der Waals surface area contributed by atoms with Crippen LogP contribution in [-0.2, 0) is 5.41 Å². The maximum absolute atomic E-state index is 14.4. The highest BCUT2D eigenvalue weighted by Gasteiger charge is 2.39. The molecule has 8 heteroatoms. The van der Waals surface area contributed by atoms with Crippen molar-refractivity contribution in [3.63, 3.8) is 0 Å². The lowest BCUT2D eigenvalue weighted by molar-refractivity contribution is 0.331. The Morgan fingerprint density at radius 1 is 0.529 bits per heavy atom. The molecule has 4 aromatic heterocycles. The molecule has 5 rings (SSSR count). The highest BCUT2D eigenvalue weighted by molar-refractivity contribution is 5.60.